The Morgan fingerprint density at radius 2 is 0.949 bits per heavy atom. The number of aromatic nitrogens is 24. The normalized spacial score (nSPS) is 10.2. The van der Waals surface area contributed by atoms with Crippen LogP contribution in [-0.2, 0) is 0 Å². The number of hydrogen-bond donors (Lipinski definition) is 7. The Morgan fingerprint density at radius 3 is 1.74 bits per heavy atom. The van der Waals surface area contributed by atoms with Crippen LogP contribution in [0.15, 0.2) is 350 Å². The molecule has 21 heterocycles. The van der Waals surface area contributed by atoms with Gasteiger partial charge in [0, 0.05) is 145 Å². The third kappa shape index (κ3) is 18.6. The Labute approximate surface area is 564 Å². The lowest BCUT2D eigenvalue weighted by molar-refractivity contribution is 0.941. The Kier molecular flexibility index (Phi) is 22.4. The highest BCUT2D eigenvalue weighted by Crippen LogP contribution is 2.12. The highest BCUT2D eigenvalue weighted by molar-refractivity contribution is 5.82. The molecule has 0 saturated heterocycles. The van der Waals surface area contributed by atoms with Crippen LogP contribution in [0.3, 0.4) is 0 Å². The van der Waals surface area contributed by atoms with E-state index in [0.29, 0.717) is 5.65 Å². The zero-order valence-corrected chi connectivity index (χ0v) is 53.0. The molecule has 24 heteroatoms. The molecule has 22 rings (SSSR count). The van der Waals surface area contributed by atoms with Gasteiger partial charge in [0.2, 0.25) is 0 Å². The Balaban J connectivity index is 0.000000103. The summed E-state index contributed by atoms with van der Waals surface area (Å²) < 4.78 is 7.86. The van der Waals surface area contributed by atoms with Gasteiger partial charge in [-0.3, -0.25) is 20.1 Å². The highest BCUT2D eigenvalue weighted by Gasteiger charge is 1.96. The standard InChI is InChI=1S/2C8H7N.6C7H6N2.2C6H5N3.C5H4N4/c1-2-6-9-7-3-5-8(9)4-1;1-2-4-8-6-9-5-7(8)3-1;1-4-9-7-2-3-8-5-6(1)7;1-3-8-5-7-6(1)2-4-9-7;1-3-7-4-2-6-9(7)8-5-1;1-2-6-7(8-4-1)3-5-9-6;1-2-5-9-6-4-8-7(9)3-1;1-2-4-9-6-8-5-7(9)3-1;1-2-5-6(7-3-1)9-4-8-5;1-2-5-4-8-9-6(5)7-3-1;1-4-5(8-2-6-1)9-3-7-4/h1-7H;1-6,9H;2*1-5,9H;1-6H;1-5,9H;2*1-6H;2*1-4H,(H,7,8,9);1-3H,(H,6,7,8,9). The summed E-state index contributed by atoms with van der Waals surface area (Å²) in [7, 11) is 0. The second-order valence-electron chi connectivity index (χ2n) is 20.9. The first-order valence-electron chi connectivity index (χ1n) is 31.0. The minimum absolute atomic E-state index is 0.713. The van der Waals surface area contributed by atoms with E-state index in [9.17, 15) is 0 Å². The second kappa shape index (κ2) is 34.4. The molecule has 0 aliphatic carbocycles. The predicted octanol–water partition coefficient (Wildman–Crippen LogP) is 15.1. The summed E-state index contributed by atoms with van der Waals surface area (Å²) in [4.78, 5) is 61.7. The van der Waals surface area contributed by atoms with E-state index in [1.807, 2.05) is 258 Å². The van der Waals surface area contributed by atoms with E-state index in [2.05, 4.69) is 129 Å². The Morgan fingerprint density at radius 1 is 0.313 bits per heavy atom. The lowest BCUT2D eigenvalue weighted by Crippen LogP contribution is -1.84. The van der Waals surface area contributed by atoms with E-state index >= 15 is 0 Å². The number of rotatable bonds is 0. The zero-order valence-electron chi connectivity index (χ0n) is 53.0. The van der Waals surface area contributed by atoms with Gasteiger partial charge in [-0.05, 0) is 150 Å². The minimum atomic E-state index is 0.713. The van der Waals surface area contributed by atoms with Gasteiger partial charge < -0.3 is 43.1 Å². The van der Waals surface area contributed by atoms with E-state index in [4.69, 9.17) is 0 Å². The van der Waals surface area contributed by atoms with Crippen LogP contribution >= 0.6 is 0 Å². The van der Waals surface area contributed by atoms with Crippen molar-refractivity contribution in [1.29, 1.82) is 0 Å². The van der Waals surface area contributed by atoms with Gasteiger partial charge in [0.1, 0.15) is 17.5 Å². The van der Waals surface area contributed by atoms with E-state index in [-0.39, 0.29) is 0 Å². The van der Waals surface area contributed by atoms with Crippen LogP contribution in [0.2, 0.25) is 0 Å². The van der Waals surface area contributed by atoms with E-state index < -0.39 is 0 Å². The first-order chi connectivity index (χ1) is 49.1. The van der Waals surface area contributed by atoms with Gasteiger partial charge in [-0.15, -0.1) is 0 Å². The molecule has 0 fully saturated rings. The van der Waals surface area contributed by atoms with Crippen molar-refractivity contribution in [2.45, 2.75) is 0 Å². The van der Waals surface area contributed by atoms with Crippen LogP contribution in [0.1, 0.15) is 0 Å². The number of benzene rings is 1. The lowest BCUT2D eigenvalue weighted by atomic mass is 10.2. The molecule has 0 radical (unpaired) electrons. The van der Waals surface area contributed by atoms with E-state index in [0.717, 1.165) is 71.8 Å². The van der Waals surface area contributed by atoms with Gasteiger partial charge in [0.15, 0.2) is 16.9 Å². The van der Waals surface area contributed by atoms with Crippen LogP contribution < -0.4 is 0 Å². The largest absolute Gasteiger partial charge is 0.366 e. The zero-order chi connectivity index (χ0) is 67.1. The first kappa shape index (κ1) is 64.6. The van der Waals surface area contributed by atoms with Crippen LogP contribution in [0.4, 0.5) is 0 Å². The molecule has 22 aromatic rings. The molecule has 484 valence electrons. The third-order valence-corrected chi connectivity index (χ3v) is 14.4. The van der Waals surface area contributed by atoms with Crippen molar-refractivity contribution in [3.05, 3.63) is 350 Å². The number of nitrogens with zero attached hydrogens (tertiary/aromatic N) is 17. The van der Waals surface area contributed by atoms with Gasteiger partial charge in [-0.25, -0.2) is 44.4 Å². The van der Waals surface area contributed by atoms with Crippen molar-refractivity contribution in [2.24, 2.45) is 0 Å². The highest BCUT2D eigenvalue weighted by atomic mass is 15.2. The van der Waals surface area contributed by atoms with Crippen LogP contribution in [0.25, 0.3) is 99.2 Å². The molecule has 0 saturated carbocycles. The molecular formula is C75H64N24. The monoisotopic (exact) mass is 1300 g/mol. The summed E-state index contributed by atoms with van der Waals surface area (Å²) in [5.74, 6) is 0. The van der Waals surface area contributed by atoms with E-state index in [1.165, 1.54) is 28.0 Å². The van der Waals surface area contributed by atoms with E-state index in [1.54, 1.807) is 74.8 Å². The molecule has 7 N–H and O–H groups in total. The molecule has 0 atom stereocenters. The molecule has 0 aliphatic rings. The third-order valence-electron chi connectivity index (χ3n) is 14.4. The molecule has 0 amide bonds. The number of nitrogens with one attached hydrogen (secondary N) is 7. The number of hydrogen-bond acceptors (Lipinski definition) is 13. The number of imidazole rings is 4. The second-order valence-corrected chi connectivity index (χ2v) is 20.9. The molecule has 24 nitrogen and oxygen atoms in total. The fourth-order valence-corrected chi connectivity index (χ4v) is 9.49. The maximum atomic E-state index is 4.11. The first-order valence-corrected chi connectivity index (χ1v) is 31.0. The van der Waals surface area contributed by atoms with Crippen molar-refractivity contribution in [3.8, 4) is 0 Å². The van der Waals surface area contributed by atoms with Crippen molar-refractivity contribution in [2.75, 3.05) is 0 Å². The topological polar surface area (TPSA) is 296 Å². The van der Waals surface area contributed by atoms with Crippen LogP contribution in [0, 0.1) is 0 Å². The average molecular weight is 1300 g/mol. The van der Waals surface area contributed by atoms with Crippen molar-refractivity contribution >= 4 is 99.2 Å². The Bertz CT molecular complexity index is 4350. The molecule has 21 aromatic heterocycles. The molecule has 1 aromatic carbocycles. The van der Waals surface area contributed by atoms with Crippen molar-refractivity contribution in [3.63, 3.8) is 0 Å². The summed E-state index contributed by atoms with van der Waals surface area (Å²) in [6, 6.07) is 59.9. The summed E-state index contributed by atoms with van der Waals surface area (Å²) in [5.41, 5.74) is 13.1. The smallest absolute Gasteiger partial charge is 0.180 e. The average Bonchev–Trinajstić information content (AvgIpc) is 4.60. The number of fused-ring (bicyclic) bond motifs is 11. The Hall–Kier alpha value is -14.6. The number of H-pyrrole nitrogens is 7. The minimum Gasteiger partial charge on any atom is -0.366 e. The van der Waals surface area contributed by atoms with Gasteiger partial charge in [0.05, 0.1) is 76.9 Å². The lowest BCUT2D eigenvalue weighted by Gasteiger charge is -1.88. The molecule has 0 bridgehead atoms. The van der Waals surface area contributed by atoms with Crippen LogP contribution in [0.5, 0.6) is 0 Å². The maximum absolute atomic E-state index is 4.11. The molecule has 0 unspecified atom stereocenters. The fourth-order valence-electron chi connectivity index (χ4n) is 9.49. The molecule has 99 heavy (non-hydrogen) atoms. The van der Waals surface area contributed by atoms with Gasteiger partial charge >= 0.3 is 0 Å². The summed E-state index contributed by atoms with van der Waals surface area (Å²) in [6.07, 6.45) is 49.4. The number of pyridine rings is 8. The predicted molar refractivity (Wildman–Crippen MR) is 389 cm³/mol. The van der Waals surface area contributed by atoms with Gasteiger partial charge in [0.25, 0.3) is 0 Å². The van der Waals surface area contributed by atoms with Crippen molar-refractivity contribution in [1.82, 2.24) is 118 Å². The quantitative estimate of drug-likeness (QED) is 0.0744. The summed E-state index contributed by atoms with van der Waals surface area (Å²) >= 11 is 0. The molecule has 0 aliphatic heterocycles. The number of aromatic amines is 7. The van der Waals surface area contributed by atoms with Crippen molar-refractivity contribution < 1.29 is 0 Å². The SMILES string of the molecule is c1cc2[nH]ccc2cn1.c1cc2cc[nH]c2cn1.c1ccc2c[nH]cc2c1.c1ccn2cccc2c1.c1ccn2ccnc2c1.c1ccn2cncc2c1.c1cnc2[nH]ncc2c1.c1cnc2cc[nH]c2c1.c1cnc2nc[nH]c2c1.c1cnn2cccc2c1.c1ncc2[nH]cnc2n1. The summed E-state index contributed by atoms with van der Waals surface area (Å²) in [6.45, 7) is 0. The van der Waals surface area contributed by atoms with Gasteiger partial charge in [-0.2, -0.15) is 10.2 Å². The van der Waals surface area contributed by atoms with Gasteiger partial charge in [-0.1, -0.05) is 42.5 Å². The molecular weight excluding hydrogens is 1240 g/mol. The molecule has 0 spiro atoms. The summed E-state index contributed by atoms with van der Waals surface area (Å²) in [5, 5.41) is 16.6. The fraction of sp³-hybridized carbons (Fsp3) is 0. The van der Waals surface area contributed by atoms with Crippen LogP contribution in [-0.4, -0.2) is 118 Å². The maximum Gasteiger partial charge on any atom is 0.180 e.